The zero-order chi connectivity index (χ0) is 14.0. The van der Waals surface area contributed by atoms with Crippen LogP contribution in [0.3, 0.4) is 0 Å². The molecule has 0 spiro atoms. The monoisotopic (exact) mass is 300 g/mol. The van der Waals surface area contributed by atoms with Gasteiger partial charge in [-0.15, -0.1) is 11.3 Å². The molecular weight excluding hydrogens is 284 g/mol. The molecule has 0 bridgehead atoms. The number of sulfonamides is 1. The second-order valence-electron chi connectivity index (χ2n) is 4.25. The van der Waals surface area contributed by atoms with E-state index in [0.29, 0.717) is 6.54 Å². The third-order valence-corrected chi connectivity index (χ3v) is 5.42. The zero-order valence-electron chi connectivity index (χ0n) is 11.1. The molecule has 0 amide bonds. The summed E-state index contributed by atoms with van der Waals surface area (Å²) in [6.45, 7) is 2.54. The van der Waals surface area contributed by atoms with Crippen molar-refractivity contribution in [2.24, 2.45) is 0 Å². The van der Waals surface area contributed by atoms with E-state index in [4.69, 9.17) is 0 Å². The van der Waals surface area contributed by atoms with Crippen LogP contribution >= 0.6 is 11.3 Å². The zero-order valence-corrected chi connectivity index (χ0v) is 12.7. The van der Waals surface area contributed by atoms with Gasteiger partial charge in [-0.25, -0.2) is 17.7 Å². The highest BCUT2D eigenvalue weighted by atomic mass is 32.2. The second-order valence-corrected chi connectivity index (χ2v) is 7.34. The lowest BCUT2D eigenvalue weighted by molar-refractivity contribution is 0.520. The highest BCUT2D eigenvalue weighted by molar-refractivity contribution is 7.89. The second kappa shape index (κ2) is 5.40. The van der Waals surface area contributed by atoms with Gasteiger partial charge in [0.2, 0.25) is 10.0 Å². The summed E-state index contributed by atoms with van der Waals surface area (Å²) in [5.74, 6) is 0. The van der Waals surface area contributed by atoms with Crippen LogP contribution in [0.5, 0.6) is 0 Å². The summed E-state index contributed by atoms with van der Waals surface area (Å²) in [4.78, 5) is 4.63. The average molecular weight is 300 g/mol. The van der Waals surface area contributed by atoms with Crippen LogP contribution in [0.4, 0.5) is 0 Å². The molecule has 0 N–H and O–H groups in total. The van der Waals surface area contributed by atoms with Gasteiger partial charge in [0, 0.05) is 25.7 Å². The maximum Gasteiger partial charge on any atom is 0.245 e. The van der Waals surface area contributed by atoms with Crippen LogP contribution in [0.25, 0.3) is 0 Å². The van der Waals surface area contributed by atoms with E-state index in [1.807, 2.05) is 5.38 Å². The maximum atomic E-state index is 11.9. The summed E-state index contributed by atoms with van der Waals surface area (Å²) in [5.41, 5.74) is 0.902. The molecule has 6 nitrogen and oxygen atoms in total. The van der Waals surface area contributed by atoms with Gasteiger partial charge in [0.15, 0.2) is 0 Å². The summed E-state index contributed by atoms with van der Waals surface area (Å²) < 4.78 is 26.6. The Kier molecular flexibility index (Phi) is 4.02. The van der Waals surface area contributed by atoms with Crippen LogP contribution in [0.1, 0.15) is 17.6 Å². The summed E-state index contributed by atoms with van der Waals surface area (Å²) in [7, 11) is -0.414. The molecule has 0 aliphatic carbocycles. The third-order valence-electron chi connectivity index (χ3n) is 2.61. The van der Waals surface area contributed by atoms with E-state index in [1.54, 1.807) is 16.0 Å². The van der Waals surface area contributed by atoms with Gasteiger partial charge in [-0.05, 0) is 6.42 Å². The molecule has 0 unspecified atom stereocenters. The lowest BCUT2D eigenvalue weighted by atomic mass is 10.4. The van der Waals surface area contributed by atoms with Gasteiger partial charge < -0.3 is 0 Å². The van der Waals surface area contributed by atoms with Crippen molar-refractivity contribution in [3.63, 3.8) is 0 Å². The summed E-state index contributed by atoms with van der Waals surface area (Å²) in [5, 5.41) is 7.12. The first-order chi connectivity index (χ1) is 8.93. The highest BCUT2D eigenvalue weighted by Gasteiger charge is 2.19. The number of hydrogen-bond acceptors (Lipinski definition) is 5. The predicted octanol–water partition coefficient (Wildman–Crippen LogP) is 1.20. The highest BCUT2D eigenvalue weighted by Crippen LogP contribution is 2.14. The van der Waals surface area contributed by atoms with Gasteiger partial charge >= 0.3 is 0 Å². The molecule has 0 saturated carbocycles. The van der Waals surface area contributed by atoms with Crippen LogP contribution in [-0.2, 0) is 23.0 Å². The van der Waals surface area contributed by atoms with Gasteiger partial charge in [0.05, 0.1) is 23.4 Å². The Labute approximate surface area is 116 Å². The first-order valence-corrected chi connectivity index (χ1v) is 8.13. The van der Waals surface area contributed by atoms with Crippen molar-refractivity contribution in [1.29, 1.82) is 0 Å². The van der Waals surface area contributed by atoms with E-state index in [9.17, 15) is 8.42 Å². The summed E-state index contributed by atoms with van der Waals surface area (Å²) in [6.07, 6.45) is 3.80. The molecule has 2 heterocycles. The molecule has 19 heavy (non-hydrogen) atoms. The Bertz CT molecular complexity index is 658. The smallest absolute Gasteiger partial charge is 0.245 e. The SMILES string of the molecule is CCc1nc(Cn2cc(S(=O)(=O)N(C)C)cn2)cs1. The molecule has 8 heteroatoms. The molecule has 0 atom stereocenters. The minimum absolute atomic E-state index is 0.198. The van der Waals surface area contributed by atoms with Crippen LogP contribution in [0.15, 0.2) is 22.7 Å². The average Bonchev–Trinajstić information content (AvgIpc) is 2.98. The van der Waals surface area contributed by atoms with Crippen molar-refractivity contribution in [2.75, 3.05) is 14.1 Å². The van der Waals surface area contributed by atoms with Crippen LogP contribution in [0.2, 0.25) is 0 Å². The first-order valence-electron chi connectivity index (χ1n) is 5.81. The van der Waals surface area contributed by atoms with Crippen LogP contribution in [0, 0.1) is 0 Å². The minimum atomic E-state index is -3.42. The fourth-order valence-corrected chi connectivity index (χ4v) is 3.12. The number of aryl methyl sites for hydroxylation is 1. The summed E-state index contributed by atoms with van der Waals surface area (Å²) in [6, 6.07) is 0. The molecule has 0 radical (unpaired) electrons. The lowest BCUT2D eigenvalue weighted by Crippen LogP contribution is -2.21. The van der Waals surface area contributed by atoms with Gasteiger partial charge in [-0.2, -0.15) is 5.10 Å². The van der Waals surface area contributed by atoms with E-state index in [2.05, 4.69) is 17.0 Å². The fourth-order valence-electron chi connectivity index (χ4n) is 1.53. The van der Waals surface area contributed by atoms with Gasteiger partial charge in [-0.1, -0.05) is 6.92 Å². The Morgan fingerprint density at radius 1 is 1.42 bits per heavy atom. The first kappa shape index (κ1) is 14.2. The number of hydrogen-bond donors (Lipinski definition) is 0. The van der Waals surface area contributed by atoms with E-state index >= 15 is 0 Å². The molecule has 104 valence electrons. The maximum absolute atomic E-state index is 11.9. The molecule has 2 aromatic rings. The number of rotatable bonds is 5. The number of thiazole rings is 1. The molecule has 0 fully saturated rings. The van der Waals surface area contributed by atoms with E-state index in [-0.39, 0.29) is 4.90 Å². The Morgan fingerprint density at radius 2 is 2.16 bits per heavy atom. The molecular formula is C11H16N4O2S2. The summed E-state index contributed by atoms with van der Waals surface area (Å²) >= 11 is 1.61. The van der Waals surface area contributed by atoms with Crippen molar-refractivity contribution in [3.8, 4) is 0 Å². The fraction of sp³-hybridized carbons (Fsp3) is 0.455. The van der Waals surface area contributed by atoms with E-state index < -0.39 is 10.0 Å². The van der Waals surface area contributed by atoms with Crippen molar-refractivity contribution in [1.82, 2.24) is 19.1 Å². The number of nitrogens with zero attached hydrogens (tertiary/aromatic N) is 4. The van der Waals surface area contributed by atoms with Gasteiger partial charge in [0.1, 0.15) is 4.90 Å². The molecule has 0 aliphatic heterocycles. The molecule has 2 aromatic heterocycles. The molecule has 2 rings (SSSR count). The van der Waals surface area contributed by atoms with E-state index in [0.717, 1.165) is 17.1 Å². The Balaban J connectivity index is 2.18. The van der Waals surface area contributed by atoms with Crippen molar-refractivity contribution in [3.05, 3.63) is 28.5 Å². The van der Waals surface area contributed by atoms with Gasteiger partial charge in [0.25, 0.3) is 0 Å². The largest absolute Gasteiger partial charge is 0.265 e. The Morgan fingerprint density at radius 3 is 2.74 bits per heavy atom. The predicted molar refractivity (Wildman–Crippen MR) is 73.7 cm³/mol. The number of aromatic nitrogens is 3. The van der Waals surface area contributed by atoms with Crippen LogP contribution < -0.4 is 0 Å². The normalized spacial score (nSPS) is 12.2. The Hall–Kier alpha value is -1.25. The standard InChI is InChI=1S/C11H16N4O2S2/c1-4-11-13-9(8-18-11)6-15-7-10(5-12-15)19(16,17)14(2)3/h5,7-8H,4,6H2,1-3H3. The molecule has 0 saturated heterocycles. The van der Waals surface area contributed by atoms with Crippen molar-refractivity contribution in [2.45, 2.75) is 24.8 Å². The topological polar surface area (TPSA) is 68.1 Å². The van der Waals surface area contributed by atoms with Crippen LogP contribution in [-0.4, -0.2) is 41.6 Å². The molecule has 0 aliphatic rings. The van der Waals surface area contributed by atoms with Crippen molar-refractivity contribution >= 4 is 21.4 Å². The molecule has 0 aromatic carbocycles. The quantitative estimate of drug-likeness (QED) is 0.832. The van der Waals surface area contributed by atoms with E-state index in [1.165, 1.54) is 30.8 Å². The van der Waals surface area contributed by atoms with Crippen molar-refractivity contribution < 1.29 is 8.42 Å². The third kappa shape index (κ3) is 3.02. The lowest BCUT2D eigenvalue weighted by Gasteiger charge is -2.08. The minimum Gasteiger partial charge on any atom is -0.265 e. The van der Waals surface area contributed by atoms with Gasteiger partial charge in [-0.3, -0.25) is 4.68 Å².